The summed E-state index contributed by atoms with van der Waals surface area (Å²) < 4.78 is 21.7. The molecule has 4 rings (SSSR count). The predicted octanol–water partition coefficient (Wildman–Crippen LogP) is 5.45. The lowest BCUT2D eigenvalue weighted by molar-refractivity contribution is 0.602. The minimum Gasteiger partial charge on any atom is -0.277 e. The normalized spacial score (nSPS) is 10.9. The Balaban J connectivity index is 0.000000204. The van der Waals surface area contributed by atoms with Gasteiger partial charge < -0.3 is 0 Å². The van der Waals surface area contributed by atoms with Gasteiger partial charge in [-0.1, -0.05) is 77.9 Å². The highest BCUT2D eigenvalue weighted by atomic mass is 32.2. The van der Waals surface area contributed by atoms with E-state index in [1.165, 1.54) is 17.4 Å². The molecule has 0 spiro atoms. The first kappa shape index (κ1) is 20.6. The van der Waals surface area contributed by atoms with E-state index < -0.39 is 9.84 Å². The molecule has 1 heterocycles. The zero-order chi connectivity index (χ0) is 20.9. The summed E-state index contributed by atoms with van der Waals surface area (Å²) in [5.41, 5.74) is 6.86. The molecule has 0 saturated heterocycles. The second-order valence-corrected chi connectivity index (χ2v) is 9.00. The summed E-state index contributed by atoms with van der Waals surface area (Å²) in [6.07, 6.45) is 1.20. The van der Waals surface area contributed by atoms with Gasteiger partial charge in [0, 0.05) is 11.8 Å². The number of aromatic nitrogens is 2. The molecule has 0 bridgehead atoms. The zero-order valence-electron chi connectivity index (χ0n) is 16.8. The van der Waals surface area contributed by atoms with Crippen molar-refractivity contribution in [1.82, 2.24) is 10.2 Å². The molecule has 3 aromatic carbocycles. The Morgan fingerprint density at radius 3 is 1.72 bits per heavy atom. The molecule has 0 aliphatic heterocycles. The standard InChI is InChI=1S/C17H16N2.C7H8O2S/c1-12-3-7-14(8-4-12)16-11-17(19-18-16)15-9-5-13(2)6-10-15;1-10(8,9)7-5-3-2-4-6-7/h3-11H,1-2H3,(H,18,19);2-6H,1H3. The fourth-order valence-corrected chi connectivity index (χ4v) is 3.39. The molecule has 0 aliphatic carbocycles. The van der Waals surface area contributed by atoms with Crippen LogP contribution in [0.15, 0.2) is 89.8 Å². The smallest absolute Gasteiger partial charge is 0.175 e. The maximum Gasteiger partial charge on any atom is 0.175 e. The predicted molar refractivity (Wildman–Crippen MR) is 118 cm³/mol. The Kier molecular flexibility index (Phi) is 6.29. The van der Waals surface area contributed by atoms with E-state index in [4.69, 9.17) is 0 Å². The summed E-state index contributed by atoms with van der Waals surface area (Å²) in [5, 5.41) is 7.49. The summed E-state index contributed by atoms with van der Waals surface area (Å²) in [7, 11) is -3.00. The highest BCUT2D eigenvalue weighted by molar-refractivity contribution is 7.90. The summed E-state index contributed by atoms with van der Waals surface area (Å²) >= 11 is 0. The molecule has 4 aromatic rings. The van der Waals surface area contributed by atoms with E-state index in [0.717, 1.165) is 22.5 Å². The Morgan fingerprint density at radius 2 is 1.24 bits per heavy atom. The fourth-order valence-electron chi connectivity index (χ4n) is 2.74. The molecule has 0 aliphatic rings. The van der Waals surface area contributed by atoms with Crippen LogP contribution < -0.4 is 0 Å². The SMILES string of the molecule is CS(=O)(=O)c1ccccc1.Cc1ccc(-c2cc(-c3ccc(C)cc3)[nH]n2)cc1. The van der Waals surface area contributed by atoms with Crippen molar-refractivity contribution in [3.63, 3.8) is 0 Å². The van der Waals surface area contributed by atoms with E-state index in [-0.39, 0.29) is 0 Å². The number of aromatic amines is 1. The Labute approximate surface area is 172 Å². The van der Waals surface area contributed by atoms with E-state index in [9.17, 15) is 8.42 Å². The van der Waals surface area contributed by atoms with Gasteiger partial charge >= 0.3 is 0 Å². The van der Waals surface area contributed by atoms with Gasteiger partial charge in [-0.05, 0) is 37.6 Å². The number of sulfone groups is 1. The zero-order valence-corrected chi connectivity index (χ0v) is 17.6. The Bertz CT molecular complexity index is 1100. The van der Waals surface area contributed by atoms with Crippen LogP contribution in [0.3, 0.4) is 0 Å². The molecule has 0 radical (unpaired) electrons. The van der Waals surface area contributed by atoms with E-state index >= 15 is 0 Å². The van der Waals surface area contributed by atoms with Crippen molar-refractivity contribution in [2.75, 3.05) is 6.26 Å². The van der Waals surface area contributed by atoms with Crippen LogP contribution in [-0.2, 0) is 9.84 Å². The average molecular weight is 405 g/mol. The van der Waals surface area contributed by atoms with Gasteiger partial charge in [0.05, 0.1) is 16.3 Å². The molecular formula is C24H24N2O2S. The molecule has 0 unspecified atom stereocenters. The van der Waals surface area contributed by atoms with Crippen molar-refractivity contribution < 1.29 is 8.42 Å². The molecule has 0 atom stereocenters. The number of nitrogens with zero attached hydrogens (tertiary/aromatic N) is 1. The molecule has 4 nitrogen and oxygen atoms in total. The van der Waals surface area contributed by atoms with Crippen LogP contribution in [0, 0.1) is 13.8 Å². The van der Waals surface area contributed by atoms with Gasteiger partial charge in [-0.2, -0.15) is 5.10 Å². The van der Waals surface area contributed by atoms with E-state index in [0.29, 0.717) is 4.90 Å². The minimum atomic E-state index is -3.00. The summed E-state index contributed by atoms with van der Waals surface area (Å²) in [6.45, 7) is 4.18. The molecule has 1 aromatic heterocycles. The first-order valence-corrected chi connectivity index (χ1v) is 11.2. The number of H-pyrrole nitrogens is 1. The maximum atomic E-state index is 10.8. The molecule has 29 heavy (non-hydrogen) atoms. The summed E-state index contributed by atoms with van der Waals surface area (Å²) in [4.78, 5) is 0.370. The van der Waals surface area contributed by atoms with Crippen LogP contribution in [0.1, 0.15) is 11.1 Å². The number of hydrogen-bond donors (Lipinski definition) is 1. The van der Waals surface area contributed by atoms with Crippen LogP contribution in [0.4, 0.5) is 0 Å². The fraction of sp³-hybridized carbons (Fsp3) is 0.125. The largest absolute Gasteiger partial charge is 0.277 e. The van der Waals surface area contributed by atoms with Crippen LogP contribution >= 0.6 is 0 Å². The number of rotatable bonds is 3. The molecule has 148 valence electrons. The van der Waals surface area contributed by atoms with Crippen LogP contribution in [0.5, 0.6) is 0 Å². The topological polar surface area (TPSA) is 62.8 Å². The number of benzene rings is 3. The lowest BCUT2D eigenvalue weighted by Crippen LogP contribution is -1.95. The quantitative estimate of drug-likeness (QED) is 0.494. The van der Waals surface area contributed by atoms with E-state index in [1.54, 1.807) is 30.3 Å². The Hall–Kier alpha value is -3.18. The third kappa shape index (κ3) is 5.65. The van der Waals surface area contributed by atoms with Crippen molar-refractivity contribution in [2.45, 2.75) is 18.7 Å². The average Bonchev–Trinajstić information content (AvgIpc) is 3.20. The van der Waals surface area contributed by atoms with Crippen molar-refractivity contribution >= 4 is 9.84 Å². The minimum absolute atomic E-state index is 0.370. The van der Waals surface area contributed by atoms with Gasteiger partial charge in [-0.25, -0.2) is 8.42 Å². The molecule has 0 amide bonds. The van der Waals surface area contributed by atoms with Gasteiger partial charge in [0.2, 0.25) is 0 Å². The van der Waals surface area contributed by atoms with E-state index in [2.05, 4.69) is 78.6 Å². The lowest BCUT2D eigenvalue weighted by atomic mass is 10.1. The van der Waals surface area contributed by atoms with Crippen LogP contribution in [0.2, 0.25) is 0 Å². The van der Waals surface area contributed by atoms with Gasteiger partial charge in [0.25, 0.3) is 0 Å². The molecule has 1 N–H and O–H groups in total. The molecule has 0 saturated carbocycles. The summed E-state index contributed by atoms with van der Waals surface area (Å²) in [5.74, 6) is 0. The van der Waals surface area contributed by atoms with Gasteiger partial charge in [0.1, 0.15) is 0 Å². The maximum absolute atomic E-state index is 10.8. The van der Waals surface area contributed by atoms with Crippen LogP contribution in [0.25, 0.3) is 22.5 Å². The highest BCUT2D eigenvalue weighted by Crippen LogP contribution is 2.24. The number of hydrogen-bond acceptors (Lipinski definition) is 3. The van der Waals surface area contributed by atoms with Gasteiger partial charge in [-0.3, -0.25) is 5.10 Å². The third-order valence-electron chi connectivity index (χ3n) is 4.46. The third-order valence-corrected chi connectivity index (χ3v) is 5.59. The Morgan fingerprint density at radius 1 is 0.724 bits per heavy atom. The summed E-state index contributed by atoms with van der Waals surface area (Å²) in [6, 6.07) is 27.3. The van der Waals surface area contributed by atoms with Crippen molar-refractivity contribution in [2.24, 2.45) is 0 Å². The number of aryl methyl sites for hydroxylation is 2. The van der Waals surface area contributed by atoms with Crippen molar-refractivity contribution in [3.8, 4) is 22.5 Å². The van der Waals surface area contributed by atoms with Gasteiger partial charge in [0.15, 0.2) is 9.84 Å². The van der Waals surface area contributed by atoms with Crippen LogP contribution in [-0.4, -0.2) is 24.9 Å². The second-order valence-electron chi connectivity index (χ2n) is 6.98. The number of nitrogens with one attached hydrogen (secondary N) is 1. The molecule has 0 fully saturated rings. The van der Waals surface area contributed by atoms with Gasteiger partial charge in [-0.15, -0.1) is 0 Å². The first-order chi connectivity index (χ1) is 13.8. The van der Waals surface area contributed by atoms with E-state index in [1.807, 2.05) is 0 Å². The second kappa shape index (κ2) is 8.88. The van der Waals surface area contributed by atoms with Crippen molar-refractivity contribution in [1.29, 1.82) is 0 Å². The molecule has 5 heteroatoms. The van der Waals surface area contributed by atoms with Crippen molar-refractivity contribution in [3.05, 3.63) is 96.1 Å². The molecular weight excluding hydrogens is 380 g/mol. The highest BCUT2D eigenvalue weighted by Gasteiger charge is 2.05. The first-order valence-electron chi connectivity index (χ1n) is 9.27. The monoisotopic (exact) mass is 404 g/mol. The lowest BCUT2D eigenvalue weighted by Gasteiger charge is -1.97.